The first-order valence-electron chi connectivity index (χ1n) is 6.62. The van der Waals surface area contributed by atoms with Crippen LogP contribution in [0.5, 0.6) is 0 Å². The average Bonchev–Trinajstić information content (AvgIpc) is 2.46. The molecule has 0 saturated heterocycles. The van der Waals surface area contributed by atoms with Crippen LogP contribution in [0.2, 0.25) is 0 Å². The molecule has 112 valence electrons. The Kier molecular flexibility index (Phi) is 4.46. The molecule has 0 radical (unpaired) electrons. The van der Waals surface area contributed by atoms with Crippen LogP contribution in [-0.4, -0.2) is 17.5 Å². The Morgan fingerprint density at radius 1 is 0.955 bits per heavy atom. The van der Waals surface area contributed by atoms with E-state index in [-0.39, 0.29) is 28.5 Å². The molecule has 0 saturated carbocycles. The van der Waals surface area contributed by atoms with E-state index in [1.165, 1.54) is 50.2 Å². The Morgan fingerprint density at radius 3 is 2.23 bits per heavy atom. The third-order valence-electron chi connectivity index (χ3n) is 3.10. The van der Waals surface area contributed by atoms with E-state index in [4.69, 9.17) is 0 Å². The van der Waals surface area contributed by atoms with Crippen molar-refractivity contribution in [2.75, 3.05) is 5.32 Å². The number of carbonyl (C=O) groups excluding carboxylic acids is 3. The first-order valence-corrected chi connectivity index (χ1v) is 6.62. The van der Waals surface area contributed by atoms with Crippen molar-refractivity contribution >= 4 is 23.2 Å². The topological polar surface area (TPSA) is 63.2 Å². The van der Waals surface area contributed by atoms with Crippen LogP contribution in [0.1, 0.15) is 40.1 Å². The van der Waals surface area contributed by atoms with Gasteiger partial charge in [-0.3, -0.25) is 14.4 Å². The number of benzene rings is 2. The van der Waals surface area contributed by atoms with Gasteiger partial charge in [-0.1, -0.05) is 12.1 Å². The Labute approximate surface area is 127 Å². The van der Waals surface area contributed by atoms with Crippen molar-refractivity contribution in [1.82, 2.24) is 0 Å². The van der Waals surface area contributed by atoms with Crippen LogP contribution in [-0.2, 0) is 4.79 Å². The molecular formula is C17H14FNO3. The number of rotatable bonds is 4. The van der Waals surface area contributed by atoms with Gasteiger partial charge in [0.2, 0.25) is 5.91 Å². The van der Waals surface area contributed by atoms with Crippen molar-refractivity contribution in [3.63, 3.8) is 0 Å². The van der Waals surface area contributed by atoms with Gasteiger partial charge in [-0.05, 0) is 37.3 Å². The summed E-state index contributed by atoms with van der Waals surface area (Å²) in [6.45, 7) is 2.67. The molecule has 0 bridgehead atoms. The van der Waals surface area contributed by atoms with Crippen LogP contribution in [0.25, 0.3) is 0 Å². The number of ketones is 2. The van der Waals surface area contributed by atoms with Crippen LogP contribution in [0.15, 0.2) is 42.5 Å². The molecule has 5 heteroatoms. The summed E-state index contributed by atoms with van der Waals surface area (Å²) in [6, 6.07) is 9.90. The Hall–Kier alpha value is -2.82. The fraction of sp³-hybridized carbons (Fsp3) is 0.118. The summed E-state index contributed by atoms with van der Waals surface area (Å²) < 4.78 is 13.8. The van der Waals surface area contributed by atoms with Gasteiger partial charge in [0.25, 0.3) is 0 Å². The number of Topliss-reactive ketones (excluding diaryl/α,β-unsaturated/α-hetero) is 1. The van der Waals surface area contributed by atoms with Crippen LogP contribution < -0.4 is 5.32 Å². The van der Waals surface area contributed by atoms with Crippen LogP contribution >= 0.6 is 0 Å². The third-order valence-corrected chi connectivity index (χ3v) is 3.10. The largest absolute Gasteiger partial charge is 0.326 e. The molecule has 0 spiro atoms. The van der Waals surface area contributed by atoms with E-state index in [2.05, 4.69) is 5.32 Å². The van der Waals surface area contributed by atoms with Crippen molar-refractivity contribution in [2.45, 2.75) is 13.8 Å². The molecule has 0 heterocycles. The molecule has 1 amide bonds. The summed E-state index contributed by atoms with van der Waals surface area (Å²) in [5.74, 6) is -1.84. The normalized spacial score (nSPS) is 10.1. The number of carbonyl (C=O) groups is 3. The summed E-state index contributed by atoms with van der Waals surface area (Å²) in [4.78, 5) is 35.3. The van der Waals surface area contributed by atoms with E-state index in [0.717, 1.165) is 0 Å². The number of amides is 1. The second-order valence-corrected chi connectivity index (χ2v) is 4.81. The van der Waals surface area contributed by atoms with E-state index in [0.29, 0.717) is 5.56 Å². The highest BCUT2D eigenvalue weighted by molar-refractivity contribution is 6.15. The van der Waals surface area contributed by atoms with Gasteiger partial charge in [0, 0.05) is 18.1 Å². The number of halogens is 1. The summed E-state index contributed by atoms with van der Waals surface area (Å²) >= 11 is 0. The molecule has 2 rings (SSSR count). The summed E-state index contributed by atoms with van der Waals surface area (Å²) in [5, 5.41) is 2.52. The van der Waals surface area contributed by atoms with Crippen molar-refractivity contribution in [3.8, 4) is 0 Å². The lowest BCUT2D eigenvalue weighted by Crippen LogP contribution is -2.13. The van der Waals surface area contributed by atoms with Gasteiger partial charge >= 0.3 is 0 Å². The van der Waals surface area contributed by atoms with Crippen molar-refractivity contribution in [1.29, 1.82) is 0 Å². The molecule has 0 aliphatic carbocycles. The van der Waals surface area contributed by atoms with Gasteiger partial charge < -0.3 is 5.32 Å². The average molecular weight is 299 g/mol. The quantitative estimate of drug-likeness (QED) is 0.882. The fourth-order valence-corrected chi connectivity index (χ4v) is 2.04. The minimum atomic E-state index is -0.658. The summed E-state index contributed by atoms with van der Waals surface area (Å²) in [5.41, 5.74) is 0.516. The van der Waals surface area contributed by atoms with Gasteiger partial charge in [0.15, 0.2) is 11.6 Å². The second-order valence-electron chi connectivity index (χ2n) is 4.81. The Morgan fingerprint density at radius 2 is 1.64 bits per heavy atom. The van der Waals surface area contributed by atoms with Crippen molar-refractivity contribution < 1.29 is 18.8 Å². The SMILES string of the molecule is CC(=O)Nc1ccc(C(C)=O)cc1C(=O)c1ccccc1F. The first kappa shape index (κ1) is 15.6. The lowest BCUT2D eigenvalue weighted by Gasteiger charge is -2.11. The molecule has 0 aliphatic rings. The van der Waals surface area contributed by atoms with Crippen molar-refractivity contribution in [2.24, 2.45) is 0 Å². The van der Waals surface area contributed by atoms with Gasteiger partial charge in [0.05, 0.1) is 11.3 Å². The minimum absolute atomic E-state index is 0.0769. The molecule has 2 aromatic rings. The summed E-state index contributed by atoms with van der Waals surface area (Å²) in [6.07, 6.45) is 0. The highest BCUT2D eigenvalue weighted by atomic mass is 19.1. The maximum absolute atomic E-state index is 13.8. The van der Waals surface area contributed by atoms with E-state index in [1.807, 2.05) is 0 Å². The fourth-order valence-electron chi connectivity index (χ4n) is 2.04. The molecule has 0 fully saturated rings. The zero-order valence-corrected chi connectivity index (χ0v) is 12.1. The van der Waals surface area contributed by atoms with E-state index in [1.54, 1.807) is 6.07 Å². The standard InChI is InChI=1S/C17H14FNO3/c1-10(20)12-7-8-16(19-11(2)21)14(9-12)17(22)13-5-3-4-6-15(13)18/h3-9H,1-2H3,(H,19,21). The predicted molar refractivity (Wildman–Crippen MR) is 80.6 cm³/mol. The molecule has 2 aromatic carbocycles. The van der Waals surface area contributed by atoms with Gasteiger partial charge in [-0.2, -0.15) is 0 Å². The number of anilines is 1. The second kappa shape index (κ2) is 6.30. The number of nitrogens with one attached hydrogen (secondary N) is 1. The van der Waals surface area contributed by atoms with Crippen molar-refractivity contribution in [3.05, 3.63) is 65.0 Å². The maximum atomic E-state index is 13.8. The van der Waals surface area contributed by atoms with Crippen LogP contribution in [0, 0.1) is 5.82 Å². The monoisotopic (exact) mass is 299 g/mol. The minimum Gasteiger partial charge on any atom is -0.326 e. The van der Waals surface area contributed by atoms with Crippen LogP contribution in [0.3, 0.4) is 0 Å². The maximum Gasteiger partial charge on any atom is 0.221 e. The highest BCUT2D eigenvalue weighted by Gasteiger charge is 2.19. The molecule has 0 unspecified atom stereocenters. The molecule has 0 atom stereocenters. The zero-order valence-electron chi connectivity index (χ0n) is 12.1. The first-order chi connectivity index (χ1) is 10.4. The molecule has 1 N–H and O–H groups in total. The lowest BCUT2D eigenvalue weighted by atomic mass is 9.98. The smallest absolute Gasteiger partial charge is 0.221 e. The number of hydrogen-bond donors (Lipinski definition) is 1. The molecule has 22 heavy (non-hydrogen) atoms. The van der Waals surface area contributed by atoms with Crippen LogP contribution in [0.4, 0.5) is 10.1 Å². The van der Waals surface area contributed by atoms with Gasteiger partial charge in [0.1, 0.15) is 5.82 Å². The Bertz CT molecular complexity index is 768. The third kappa shape index (κ3) is 3.25. The van der Waals surface area contributed by atoms with E-state index >= 15 is 0 Å². The Balaban J connectivity index is 2.57. The molecule has 0 aromatic heterocycles. The van der Waals surface area contributed by atoms with E-state index in [9.17, 15) is 18.8 Å². The summed E-state index contributed by atoms with van der Waals surface area (Å²) in [7, 11) is 0. The van der Waals surface area contributed by atoms with Gasteiger partial charge in [-0.15, -0.1) is 0 Å². The van der Waals surface area contributed by atoms with E-state index < -0.39 is 11.6 Å². The molecule has 0 aliphatic heterocycles. The molecule has 4 nitrogen and oxygen atoms in total. The van der Waals surface area contributed by atoms with Gasteiger partial charge in [-0.25, -0.2) is 4.39 Å². The number of hydrogen-bond acceptors (Lipinski definition) is 3. The predicted octanol–water partition coefficient (Wildman–Crippen LogP) is 3.22. The zero-order chi connectivity index (χ0) is 16.3. The lowest BCUT2D eigenvalue weighted by molar-refractivity contribution is -0.114. The molecular weight excluding hydrogens is 285 g/mol. The highest BCUT2D eigenvalue weighted by Crippen LogP contribution is 2.23.